The molecule has 5 nitrogen and oxygen atoms in total. The lowest BCUT2D eigenvalue weighted by Gasteiger charge is -2.24. The van der Waals surface area contributed by atoms with Gasteiger partial charge in [-0.05, 0) is 41.5 Å². The number of hydrogen-bond acceptors (Lipinski definition) is 3. The Morgan fingerprint density at radius 1 is 1.11 bits per heavy atom. The van der Waals surface area contributed by atoms with Crippen LogP contribution in [-0.2, 0) is 6.54 Å². The molecule has 2 atom stereocenters. The maximum atomic E-state index is 5.68. The molecule has 2 aromatic carbocycles. The monoisotopic (exact) mass is 493 g/mol. The van der Waals surface area contributed by atoms with E-state index < -0.39 is 0 Å². The quantitative estimate of drug-likeness (QED) is 0.390. The number of hydrogen-bond donors (Lipinski definition) is 1. The summed E-state index contributed by atoms with van der Waals surface area (Å²) in [5.74, 6) is 3.95. The standard InChI is InChI=1S/C22H27N3O2.HI/c1-23-22(24-14-18-13-19(18)17-6-4-3-5-7-17)25(2)15-16-8-9-20-21(12-16)27-11-10-26-20;/h3-9,12,18-19H,10-11,13-15H2,1-2H3,(H,23,24);1H. The van der Waals surface area contributed by atoms with Crippen LogP contribution in [0.25, 0.3) is 0 Å². The van der Waals surface area contributed by atoms with Crippen LogP contribution < -0.4 is 14.8 Å². The van der Waals surface area contributed by atoms with E-state index in [2.05, 4.69) is 64.7 Å². The van der Waals surface area contributed by atoms with E-state index in [9.17, 15) is 0 Å². The van der Waals surface area contributed by atoms with E-state index in [4.69, 9.17) is 9.47 Å². The summed E-state index contributed by atoms with van der Waals surface area (Å²) in [5, 5.41) is 3.53. The molecule has 2 unspecified atom stereocenters. The molecule has 0 radical (unpaired) electrons. The molecule has 1 aliphatic carbocycles. The lowest BCUT2D eigenvalue weighted by molar-refractivity contribution is 0.171. The molecule has 4 rings (SSSR count). The van der Waals surface area contributed by atoms with E-state index in [-0.39, 0.29) is 24.0 Å². The first kappa shape index (κ1) is 20.8. The molecule has 6 heteroatoms. The smallest absolute Gasteiger partial charge is 0.193 e. The molecule has 0 amide bonds. The molecule has 1 N–H and O–H groups in total. The van der Waals surface area contributed by atoms with Crippen LogP contribution in [-0.4, -0.2) is 44.7 Å². The normalized spacial score (nSPS) is 20.1. The van der Waals surface area contributed by atoms with E-state index in [0.29, 0.717) is 25.0 Å². The predicted octanol–water partition coefficient (Wildman–Crippen LogP) is 3.89. The van der Waals surface area contributed by atoms with E-state index >= 15 is 0 Å². The SMILES string of the molecule is CN=C(NCC1CC1c1ccccc1)N(C)Cc1ccc2c(c1)OCCO2.I. The Hall–Kier alpha value is -1.96. The second kappa shape index (κ2) is 9.49. The zero-order chi connectivity index (χ0) is 18.6. The van der Waals surface area contributed by atoms with Crippen LogP contribution in [0.4, 0.5) is 0 Å². The Bertz CT molecular complexity index is 813. The zero-order valence-electron chi connectivity index (χ0n) is 16.4. The number of ether oxygens (including phenoxy) is 2. The molecule has 0 aromatic heterocycles. The van der Waals surface area contributed by atoms with Crippen molar-refractivity contribution < 1.29 is 9.47 Å². The van der Waals surface area contributed by atoms with Crippen LogP contribution in [0.5, 0.6) is 11.5 Å². The first-order valence-electron chi connectivity index (χ1n) is 9.60. The first-order chi connectivity index (χ1) is 13.2. The lowest BCUT2D eigenvalue weighted by atomic mass is 10.1. The molecular weight excluding hydrogens is 465 g/mol. The number of aliphatic imine (C=N–C) groups is 1. The molecule has 28 heavy (non-hydrogen) atoms. The maximum Gasteiger partial charge on any atom is 0.193 e. The number of benzene rings is 2. The fourth-order valence-corrected chi connectivity index (χ4v) is 3.72. The molecule has 2 aromatic rings. The molecule has 0 spiro atoms. The van der Waals surface area contributed by atoms with Crippen molar-refractivity contribution in [3.8, 4) is 11.5 Å². The summed E-state index contributed by atoms with van der Waals surface area (Å²) < 4.78 is 11.3. The van der Waals surface area contributed by atoms with Gasteiger partial charge in [0.15, 0.2) is 17.5 Å². The largest absolute Gasteiger partial charge is 0.486 e. The van der Waals surface area contributed by atoms with Gasteiger partial charge in [0.1, 0.15) is 13.2 Å². The summed E-state index contributed by atoms with van der Waals surface area (Å²) in [5.41, 5.74) is 2.63. The Labute approximate surface area is 184 Å². The third-order valence-electron chi connectivity index (χ3n) is 5.27. The zero-order valence-corrected chi connectivity index (χ0v) is 18.8. The highest BCUT2D eigenvalue weighted by molar-refractivity contribution is 14.0. The number of rotatable bonds is 5. The molecular formula is C22H28IN3O2. The number of nitrogens with one attached hydrogen (secondary N) is 1. The Balaban J connectivity index is 0.00000225. The summed E-state index contributed by atoms with van der Waals surface area (Å²) >= 11 is 0. The number of nitrogens with zero attached hydrogens (tertiary/aromatic N) is 2. The van der Waals surface area contributed by atoms with Crippen molar-refractivity contribution in [2.24, 2.45) is 10.9 Å². The highest BCUT2D eigenvalue weighted by Gasteiger charge is 2.37. The number of halogens is 1. The van der Waals surface area contributed by atoms with Crippen molar-refractivity contribution in [2.45, 2.75) is 18.9 Å². The van der Waals surface area contributed by atoms with Crippen LogP contribution in [0, 0.1) is 5.92 Å². The van der Waals surface area contributed by atoms with Gasteiger partial charge in [0, 0.05) is 27.2 Å². The van der Waals surface area contributed by atoms with E-state index in [1.165, 1.54) is 17.5 Å². The van der Waals surface area contributed by atoms with Crippen molar-refractivity contribution in [3.05, 3.63) is 59.7 Å². The molecule has 1 saturated carbocycles. The van der Waals surface area contributed by atoms with Crippen LogP contribution >= 0.6 is 24.0 Å². The summed E-state index contributed by atoms with van der Waals surface area (Å²) in [7, 11) is 3.90. The molecule has 150 valence electrons. The molecule has 0 saturated heterocycles. The van der Waals surface area contributed by atoms with Crippen molar-refractivity contribution >= 4 is 29.9 Å². The van der Waals surface area contributed by atoms with Crippen LogP contribution in [0.1, 0.15) is 23.5 Å². The fraction of sp³-hybridized carbons (Fsp3) is 0.409. The van der Waals surface area contributed by atoms with E-state index in [0.717, 1.165) is 30.5 Å². The highest BCUT2D eigenvalue weighted by Crippen LogP contribution is 2.46. The molecule has 1 fully saturated rings. The molecule has 0 bridgehead atoms. The van der Waals surface area contributed by atoms with Gasteiger partial charge in [-0.25, -0.2) is 0 Å². The van der Waals surface area contributed by atoms with Gasteiger partial charge in [0.25, 0.3) is 0 Å². The third kappa shape index (κ3) is 4.90. The number of fused-ring (bicyclic) bond motifs is 1. The van der Waals surface area contributed by atoms with Crippen LogP contribution in [0.2, 0.25) is 0 Å². The average molecular weight is 493 g/mol. The van der Waals surface area contributed by atoms with Crippen molar-refractivity contribution in [2.75, 3.05) is 33.9 Å². The van der Waals surface area contributed by atoms with Crippen LogP contribution in [0.3, 0.4) is 0 Å². The predicted molar refractivity (Wildman–Crippen MR) is 123 cm³/mol. The summed E-state index contributed by atoms with van der Waals surface area (Å²) in [4.78, 5) is 6.59. The first-order valence-corrected chi connectivity index (χ1v) is 9.60. The Kier molecular flexibility index (Phi) is 7.04. The molecule has 2 aliphatic rings. The van der Waals surface area contributed by atoms with Crippen molar-refractivity contribution in [1.29, 1.82) is 0 Å². The maximum absolute atomic E-state index is 5.68. The summed E-state index contributed by atoms with van der Waals surface area (Å²) in [6.45, 7) is 2.95. The van der Waals surface area contributed by atoms with Gasteiger partial charge in [0.05, 0.1) is 0 Å². The van der Waals surface area contributed by atoms with E-state index in [1.807, 2.05) is 13.1 Å². The van der Waals surface area contributed by atoms with Gasteiger partial charge in [0.2, 0.25) is 0 Å². The van der Waals surface area contributed by atoms with Gasteiger partial charge in [-0.15, -0.1) is 24.0 Å². The second-order valence-corrected chi connectivity index (χ2v) is 7.28. The average Bonchev–Trinajstić information content (AvgIpc) is 3.49. The van der Waals surface area contributed by atoms with E-state index in [1.54, 1.807) is 0 Å². The summed E-state index contributed by atoms with van der Waals surface area (Å²) in [6, 6.07) is 16.9. The van der Waals surface area contributed by atoms with Gasteiger partial charge in [-0.3, -0.25) is 4.99 Å². The van der Waals surface area contributed by atoms with Crippen molar-refractivity contribution in [1.82, 2.24) is 10.2 Å². The second-order valence-electron chi connectivity index (χ2n) is 7.28. The topological polar surface area (TPSA) is 46.1 Å². The van der Waals surface area contributed by atoms with Gasteiger partial charge in [-0.1, -0.05) is 36.4 Å². The lowest BCUT2D eigenvalue weighted by Crippen LogP contribution is -2.39. The Morgan fingerprint density at radius 3 is 2.61 bits per heavy atom. The van der Waals surface area contributed by atoms with Gasteiger partial charge in [-0.2, -0.15) is 0 Å². The number of guanidine groups is 1. The summed E-state index contributed by atoms with van der Waals surface area (Å²) in [6.07, 6.45) is 1.25. The van der Waals surface area contributed by atoms with Crippen molar-refractivity contribution in [3.63, 3.8) is 0 Å². The van der Waals surface area contributed by atoms with Crippen LogP contribution in [0.15, 0.2) is 53.5 Å². The van der Waals surface area contributed by atoms with Gasteiger partial charge >= 0.3 is 0 Å². The minimum Gasteiger partial charge on any atom is -0.486 e. The fourth-order valence-electron chi connectivity index (χ4n) is 3.72. The molecule has 1 aliphatic heterocycles. The minimum absolute atomic E-state index is 0. The Morgan fingerprint density at radius 2 is 1.86 bits per heavy atom. The third-order valence-corrected chi connectivity index (χ3v) is 5.27. The molecule has 1 heterocycles. The van der Waals surface area contributed by atoms with Gasteiger partial charge < -0.3 is 19.7 Å². The minimum atomic E-state index is 0. The highest BCUT2D eigenvalue weighted by atomic mass is 127.